The normalized spacial score (nSPS) is 18.5. The fourth-order valence-electron chi connectivity index (χ4n) is 8.52. The Morgan fingerprint density at radius 3 is 2.12 bits per heavy atom. The lowest BCUT2D eigenvalue weighted by molar-refractivity contribution is -0.148. The van der Waals surface area contributed by atoms with E-state index in [1.165, 1.54) is 10.9 Å². The van der Waals surface area contributed by atoms with Crippen molar-refractivity contribution >= 4 is 29.6 Å². The molecule has 4 amide bonds. The summed E-state index contributed by atoms with van der Waals surface area (Å²) in [6.07, 6.45) is 2.59. The van der Waals surface area contributed by atoms with Crippen LogP contribution in [0.5, 0.6) is 0 Å². The first-order valence-corrected chi connectivity index (χ1v) is 20.9. The van der Waals surface area contributed by atoms with E-state index in [1.807, 2.05) is 90.9 Å². The molecule has 59 heavy (non-hydrogen) atoms. The molecule has 1 fully saturated rings. The summed E-state index contributed by atoms with van der Waals surface area (Å²) in [5, 5.41) is 23.2. The number of nitrogens with zero attached hydrogens (tertiary/aromatic N) is 6. The van der Waals surface area contributed by atoms with Crippen LogP contribution >= 0.6 is 0 Å². The number of aromatic carboxylic acids is 1. The van der Waals surface area contributed by atoms with E-state index >= 15 is 0 Å². The summed E-state index contributed by atoms with van der Waals surface area (Å²) in [6, 6.07) is 7.12. The zero-order chi connectivity index (χ0) is 44.1. The molecule has 0 aliphatic carbocycles. The molecule has 0 spiro atoms. The number of rotatable bonds is 23. The first-order valence-electron chi connectivity index (χ1n) is 20.9. The third kappa shape index (κ3) is 13.0. The van der Waals surface area contributed by atoms with Crippen LogP contribution in [0.15, 0.2) is 36.5 Å². The number of carboxylic acid groups (broad SMARTS) is 1. The standard InChI is InChI=1S/C43H70N8O8/c1-13-28(6)38(49(10)42(55)36(26(2)3)45-41(54)37(27(4)5)48(8)9)34(58-11)23-35(52)51-21-17-20-33(51)39(59-12)29(7)40(53)44-31(22-30-18-15-14-16-19-30)24-50-25-32(43(56)57)46-47-50/h14-16,18-19,25-29,31,33-34,36-39H,13,17,20-24H2,1-12H3,(H,44,53)(H,45,54)(H,56,57)/t28-,29?,31+,33-,34?,36-,37-,38-,39-/m0/s1. The summed E-state index contributed by atoms with van der Waals surface area (Å²) in [7, 11) is 8.52. The van der Waals surface area contributed by atoms with Gasteiger partial charge in [-0.3, -0.25) is 24.1 Å². The van der Waals surface area contributed by atoms with Gasteiger partial charge in [0.1, 0.15) is 6.04 Å². The van der Waals surface area contributed by atoms with Gasteiger partial charge in [0, 0.05) is 27.8 Å². The highest BCUT2D eigenvalue weighted by atomic mass is 16.5. The van der Waals surface area contributed by atoms with Crippen molar-refractivity contribution in [2.45, 2.75) is 130 Å². The highest BCUT2D eigenvalue weighted by Gasteiger charge is 2.43. The van der Waals surface area contributed by atoms with E-state index in [-0.39, 0.29) is 66.1 Å². The second kappa shape index (κ2) is 22.8. The van der Waals surface area contributed by atoms with Gasteiger partial charge in [-0.2, -0.15) is 0 Å². The monoisotopic (exact) mass is 827 g/mol. The Morgan fingerprint density at radius 1 is 0.932 bits per heavy atom. The van der Waals surface area contributed by atoms with Gasteiger partial charge in [-0.15, -0.1) is 5.10 Å². The Bertz CT molecular complexity index is 1660. The fourth-order valence-corrected chi connectivity index (χ4v) is 8.52. The largest absolute Gasteiger partial charge is 0.476 e. The van der Waals surface area contributed by atoms with Crippen molar-refractivity contribution < 1.29 is 38.6 Å². The van der Waals surface area contributed by atoms with Crippen molar-refractivity contribution in [3.05, 3.63) is 47.8 Å². The van der Waals surface area contributed by atoms with E-state index in [9.17, 15) is 29.1 Å². The van der Waals surface area contributed by atoms with Crippen LogP contribution in [0.4, 0.5) is 0 Å². The molecule has 2 heterocycles. The van der Waals surface area contributed by atoms with Gasteiger partial charge in [0.15, 0.2) is 5.69 Å². The molecule has 330 valence electrons. The minimum Gasteiger partial charge on any atom is -0.476 e. The summed E-state index contributed by atoms with van der Waals surface area (Å²) >= 11 is 0. The molecule has 1 aromatic carbocycles. The summed E-state index contributed by atoms with van der Waals surface area (Å²) in [5.41, 5.74) is 0.783. The number of amides is 4. The average molecular weight is 827 g/mol. The van der Waals surface area contributed by atoms with Gasteiger partial charge < -0.3 is 35.0 Å². The number of likely N-dealkylation sites (tertiary alicyclic amines) is 1. The first kappa shape index (κ1) is 49.0. The quantitative estimate of drug-likeness (QED) is 0.149. The van der Waals surface area contributed by atoms with Crippen LogP contribution in [0, 0.1) is 23.7 Å². The Kier molecular flexibility index (Phi) is 18.9. The molecule has 1 aliphatic rings. The van der Waals surface area contributed by atoms with Crippen LogP contribution < -0.4 is 10.6 Å². The van der Waals surface area contributed by atoms with Gasteiger partial charge in [-0.1, -0.05) is 90.4 Å². The van der Waals surface area contributed by atoms with Crippen molar-refractivity contribution in [1.29, 1.82) is 0 Å². The molecule has 16 heteroatoms. The third-order valence-electron chi connectivity index (χ3n) is 11.8. The van der Waals surface area contributed by atoms with Crippen LogP contribution in [-0.2, 0) is 41.6 Å². The molecule has 3 N–H and O–H groups in total. The van der Waals surface area contributed by atoms with Crippen molar-refractivity contribution in [3.8, 4) is 0 Å². The molecule has 2 unspecified atom stereocenters. The lowest BCUT2D eigenvalue weighted by atomic mass is 9.89. The van der Waals surface area contributed by atoms with E-state index in [4.69, 9.17) is 9.47 Å². The van der Waals surface area contributed by atoms with Gasteiger partial charge in [0.25, 0.3) is 0 Å². The molecular weight excluding hydrogens is 757 g/mol. The van der Waals surface area contributed by atoms with Crippen LogP contribution in [0.25, 0.3) is 0 Å². The maximum absolute atomic E-state index is 14.3. The number of nitrogens with one attached hydrogen (secondary N) is 2. The number of aromatic nitrogens is 3. The number of ether oxygens (including phenoxy) is 2. The Balaban J connectivity index is 1.80. The van der Waals surface area contributed by atoms with Gasteiger partial charge in [-0.25, -0.2) is 9.48 Å². The predicted octanol–water partition coefficient (Wildman–Crippen LogP) is 3.35. The molecule has 0 saturated carbocycles. The van der Waals surface area contributed by atoms with E-state index in [2.05, 4.69) is 20.9 Å². The Labute approximate surface area is 350 Å². The summed E-state index contributed by atoms with van der Waals surface area (Å²) in [5.74, 6) is -2.96. The number of hydrogen-bond donors (Lipinski definition) is 3. The number of carboxylic acids is 1. The highest BCUT2D eigenvalue weighted by Crippen LogP contribution is 2.30. The molecule has 1 aromatic heterocycles. The second-order valence-corrected chi connectivity index (χ2v) is 17.0. The molecule has 9 atom stereocenters. The Hall–Kier alpha value is -4.41. The maximum Gasteiger partial charge on any atom is 0.358 e. The van der Waals surface area contributed by atoms with Crippen molar-refractivity contribution in [1.82, 2.24) is 40.3 Å². The Morgan fingerprint density at radius 2 is 1.59 bits per heavy atom. The number of likely N-dealkylation sites (N-methyl/N-ethyl adjacent to an activating group) is 2. The van der Waals surface area contributed by atoms with Crippen molar-refractivity contribution in [2.24, 2.45) is 23.7 Å². The summed E-state index contributed by atoms with van der Waals surface area (Å²) < 4.78 is 13.5. The van der Waals surface area contributed by atoms with Crippen LogP contribution in [0.3, 0.4) is 0 Å². The molecule has 0 bridgehead atoms. The lowest BCUT2D eigenvalue weighted by Crippen LogP contribution is -2.59. The summed E-state index contributed by atoms with van der Waals surface area (Å²) in [6.45, 7) is 14.3. The third-order valence-corrected chi connectivity index (χ3v) is 11.8. The second-order valence-electron chi connectivity index (χ2n) is 17.0. The average Bonchev–Trinajstić information content (AvgIpc) is 3.87. The molecule has 3 rings (SSSR count). The zero-order valence-electron chi connectivity index (χ0n) is 37.3. The van der Waals surface area contributed by atoms with E-state index in [0.717, 1.165) is 18.4 Å². The smallest absolute Gasteiger partial charge is 0.358 e. The van der Waals surface area contributed by atoms with Crippen LogP contribution in [-0.4, -0.2) is 149 Å². The summed E-state index contributed by atoms with van der Waals surface area (Å²) in [4.78, 5) is 72.8. The number of carbonyl (C=O) groups excluding carboxylic acids is 4. The van der Waals surface area contributed by atoms with Gasteiger partial charge in [0.05, 0.1) is 61.5 Å². The molecule has 16 nitrogen and oxygen atoms in total. The molecule has 1 saturated heterocycles. The number of benzene rings is 1. The minimum atomic E-state index is -1.19. The van der Waals surface area contributed by atoms with Crippen LogP contribution in [0.2, 0.25) is 0 Å². The first-order chi connectivity index (χ1) is 27.9. The van der Waals surface area contributed by atoms with E-state index < -0.39 is 48.3 Å². The van der Waals surface area contributed by atoms with E-state index in [1.54, 1.807) is 38.0 Å². The van der Waals surface area contributed by atoms with Gasteiger partial charge in [-0.05, 0) is 56.7 Å². The topological polar surface area (TPSA) is 189 Å². The minimum absolute atomic E-state index is 0.000776. The zero-order valence-corrected chi connectivity index (χ0v) is 37.3. The van der Waals surface area contributed by atoms with Crippen LogP contribution in [0.1, 0.15) is 90.2 Å². The van der Waals surface area contributed by atoms with E-state index in [0.29, 0.717) is 19.4 Å². The fraction of sp³-hybridized carbons (Fsp3) is 0.698. The highest BCUT2D eigenvalue weighted by molar-refractivity contribution is 5.90. The number of carbonyl (C=O) groups is 5. The van der Waals surface area contributed by atoms with Gasteiger partial charge in [0.2, 0.25) is 23.6 Å². The predicted molar refractivity (Wildman–Crippen MR) is 224 cm³/mol. The maximum atomic E-state index is 14.3. The molecular formula is C43H70N8O8. The van der Waals surface area contributed by atoms with Crippen molar-refractivity contribution in [2.75, 3.05) is 41.9 Å². The number of methoxy groups -OCH3 is 2. The number of hydrogen-bond acceptors (Lipinski definition) is 10. The van der Waals surface area contributed by atoms with Gasteiger partial charge >= 0.3 is 5.97 Å². The lowest BCUT2D eigenvalue weighted by Gasteiger charge is -2.41. The SMILES string of the molecule is CC[C@H](C)[C@@H](C(CC(=O)N1CCC[C@H]1[C@@H](OC)C(C)C(=O)N[C@H](Cc1ccccc1)Cn1cc(C(=O)O)nn1)OC)N(C)C(=O)[C@@H](NC(=O)[C@H](C(C)C)N(C)C)C(C)C. The van der Waals surface area contributed by atoms with Crippen molar-refractivity contribution in [3.63, 3.8) is 0 Å². The molecule has 2 aromatic rings. The molecule has 1 aliphatic heterocycles. The molecule has 0 radical (unpaired) electrons.